The number of phenols is 1. The van der Waals surface area contributed by atoms with E-state index in [4.69, 9.17) is 5.73 Å². The number of pyridine rings is 1. The lowest BCUT2D eigenvalue weighted by Crippen LogP contribution is -2.41. The van der Waals surface area contributed by atoms with Gasteiger partial charge in [-0.15, -0.1) is 0 Å². The Hall–Kier alpha value is -2.40. The minimum atomic E-state index is -0.622. The lowest BCUT2D eigenvalue weighted by atomic mass is 10.1. The van der Waals surface area contributed by atoms with E-state index in [1.54, 1.807) is 30.5 Å². The molecule has 2 aromatic rings. The van der Waals surface area contributed by atoms with Gasteiger partial charge in [0, 0.05) is 6.20 Å². The van der Waals surface area contributed by atoms with E-state index in [2.05, 4.69) is 10.3 Å². The van der Waals surface area contributed by atoms with Crippen molar-refractivity contribution in [2.75, 3.05) is 0 Å². The molecule has 0 aliphatic rings. The first-order valence-electron chi connectivity index (χ1n) is 6.36. The number of aromatic nitrogens is 1. The lowest BCUT2D eigenvalue weighted by Gasteiger charge is -2.12. The second-order valence-electron chi connectivity index (χ2n) is 4.52. The van der Waals surface area contributed by atoms with Gasteiger partial charge in [0.15, 0.2) is 0 Å². The largest absolute Gasteiger partial charge is 0.508 e. The molecule has 5 heteroatoms. The molecule has 1 aromatic heterocycles. The highest BCUT2D eigenvalue weighted by Crippen LogP contribution is 2.10. The van der Waals surface area contributed by atoms with Crippen molar-refractivity contribution in [3.05, 3.63) is 59.9 Å². The van der Waals surface area contributed by atoms with Gasteiger partial charge in [-0.05, 0) is 36.2 Å². The number of nitrogens with two attached hydrogens (primary N) is 1. The molecule has 1 aromatic carbocycles. The maximum atomic E-state index is 11.9. The van der Waals surface area contributed by atoms with Crippen LogP contribution in [0.4, 0.5) is 0 Å². The molecular formula is C15H17N3O2. The van der Waals surface area contributed by atoms with Gasteiger partial charge in [0.05, 0.1) is 18.3 Å². The quantitative estimate of drug-likeness (QED) is 0.756. The third-order valence-corrected chi connectivity index (χ3v) is 2.90. The van der Waals surface area contributed by atoms with E-state index in [1.807, 2.05) is 18.2 Å². The highest BCUT2D eigenvalue weighted by atomic mass is 16.3. The summed E-state index contributed by atoms with van der Waals surface area (Å²) in [6, 6.07) is 11.6. The van der Waals surface area contributed by atoms with Gasteiger partial charge in [-0.25, -0.2) is 0 Å². The van der Waals surface area contributed by atoms with Crippen LogP contribution in [0.15, 0.2) is 48.7 Å². The molecule has 0 fully saturated rings. The third-order valence-electron chi connectivity index (χ3n) is 2.90. The molecule has 104 valence electrons. The number of carbonyl (C=O) groups is 1. The molecule has 0 saturated carbocycles. The Balaban J connectivity index is 1.84. The molecule has 1 atom stereocenters. The zero-order valence-corrected chi connectivity index (χ0v) is 11.0. The van der Waals surface area contributed by atoms with Crippen LogP contribution in [0.1, 0.15) is 11.3 Å². The van der Waals surface area contributed by atoms with E-state index >= 15 is 0 Å². The maximum absolute atomic E-state index is 11.9. The first-order valence-corrected chi connectivity index (χ1v) is 6.36. The van der Waals surface area contributed by atoms with E-state index in [-0.39, 0.29) is 11.7 Å². The van der Waals surface area contributed by atoms with Crippen LogP contribution in [0.2, 0.25) is 0 Å². The van der Waals surface area contributed by atoms with Crippen molar-refractivity contribution in [3.8, 4) is 5.75 Å². The van der Waals surface area contributed by atoms with Crippen molar-refractivity contribution in [2.24, 2.45) is 5.73 Å². The summed E-state index contributed by atoms with van der Waals surface area (Å²) in [4.78, 5) is 16.0. The molecule has 20 heavy (non-hydrogen) atoms. The molecule has 2 rings (SSSR count). The average Bonchev–Trinajstić information content (AvgIpc) is 2.48. The second-order valence-corrected chi connectivity index (χ2v) is 4.52. The van der Waals surface area contributed by atoms with Gasteiger partial charge in [0.2, 0.25) is 5.91 Å². The molecule has 0 bridgehead atoms. The van der Waals surface area contributed by atoms with Gasteiger partial charge in [0.25, 0.3) is 0 Å². The molecule has 1 heterocycles. The van der Waals surface area contributed by atoms with E-state index in [1.165, 1.54) is 0 Å². The Bertz CT molecular complexity index is 555. The Morgan fingerprint density at radius 2 is 2.00 bits per heavy atom. The number of carbonyl (C=O) groups excluding carboxylic acids is 1. The van der Waals surface area contributed by atoms with E-state index in [0.717, 1.165) is 11.3 Å². The van der Waals surface area contributed by atoms with Crippen LogP contribution in [-0.2, 0) is 17.8 Å². The smallest absolute Gasteiger partial charge is 0.237 e. The van der Waals surface area contributed by atoms with Gasteiger partial charge >= 0.3 is 0 Å². The van der Waals surface area contributed by atoms with Crippen molar-refractivity contribution in [3.63, 3.8) is 0 Å². The molecule has 0 saturated heterocycles. The van der Waals surface area contributed by atoms with E-state index < -0.39 is 6.04 Å². The van der Waals surface area contributed by atoms with Gasteiger partial charge in [0.1, 0.15) is 5.75 Å². The number of nitrogens with one attached hydrogen (secondary N) is 1. The topological polar surface area (TPSA) is 88.2 Å². The van der Waals surface area contributed by atoms with Crippen LogP contribution in [0.3, 0.4) is 0 Å². The van der Waals surface area contributed by atoms with Crippen molar-refractivity contribution in [2.45, 2.75) is 19.0 Å². The summed E-state index contributed by atoms with van der Waals surface area (Å²) < 4.78 is 0. The van der Waals surface area contributed by atoms with Gasteiger partial charge in [-0.1, -0.05) is 18.2 Å². The van der Waals surface area contributed by atoms with Crippen LogP contribution in [0, 0.1) is 0 Å². The van der Waals surface area contributed by atoms with Crippen molar-refractivity contribution < 1.29 is 9.90 Å². The number of aromatic hydroxyl groups is 1. The minimum Gasteiger partial charge on any atom is -0.508 e. The normalized spacial score (nSPS) is 11.8. The van der Waals surface area contributed by atoms with Crippen LogP contribution < -0.4 is 11.1 Å². The maximum Gasteiger partial charge on any atom is 0.237 e. The Morgan fingerprint density at radius 3 is 2.65 bits per heavy atom. The fourth-order valence-corrected chi connectivity index (χ4v) is 1.79. The number of rotatable bonds is 5. The predicted octanol–water partition coefficient (Wildman–Crippen LogP) is 0.973. The van der Waals surface area contributed by atoms with Crippen LogP contribution in [-0.4, -0.2) is 22.0 Å². The molecule has 0 aliphatic heterocycles. The average molecular weight is 271 g/mol. The molecule has 0 radical (unpaired) electrons. The van der Waals surface area contributed by atoms with Crippen molar-refractivity contribution >= 4 is 5.91 Å². The SMILES string of the molecule is NC(Cc1ccc(O)cc1)C(=O)NCc1ccccn1. The number of hydrogen-bond donors (Lipinski definition) is 3. The summed E-state index contributed by atoms with van der Waals surface area (Å²) in [6.07, 6.45) is 2.10. The first-order chi connectivity index (χ1) is 9.65. The monoisotopic (exact) mass is 271 g/mol. The summed E-state index contributed by atoms with van der Waals surface area (Å²) in [6.45, 7) is 0.364. The summed E-state index contributed by atoms with van der Waals surface area (Å²) in [5, 5.41) is 11.9. The van der Waals surface area contributed by atoms with E-state index in [0.29, 0.717) is 13.0 Å². The minimum absolute atomic E-state index is 0.196. The third kappa shape index (κ3) is 4.07. The second kappa shape index (κ2) is 6.68. The predicted molar refractivity (Wildman–Crippen MR) is 75.9 cm³/mol. The van der Waals surface area contributed by atoms with Crippen molar-refractivity contribution in [1.82, 2.24) is 10.3 Å². The molecule has 0 spiro atoms. The first kappa shape index (κ1) is 14.0. The Morgan fingerprint density at radius 1 is 1.25 bits per heavy atom. The Kier molecular flexibility index (Phi) is 4.68. The number of nitrogens with zero attached hydrogens (tertiary/aromatic N) is 1. The Labute approximate surface area is 117 Å². The number of phenolic OH excluding ortho intramolecular Hbond substituents is 1. The molecule has 0 aliphatic carbocycles. The zero-order valence-electron chi connectivity index (χ0n) is 11.0. The van der Waals surface area contributed by atoms with E-state index in [9.17, 15) is 9.90 Å². The van der Waals surface area contributed by atoms with Gasteiger partial charge < -0.3 is 16.2 Å². The number of benzene rings is 1. The molecule has 1 unspecified atom stereocenters. The van der Waals surface area contributed by atoms with Gasteiger partial charge in [-0.2, -0.15) is 0 Å². The summed E-state index contributed by atoms with van der Waals surface area (Å²) in [5.74, 6) is -0.0225. The molecular weight excluding hydrogens is 254 g/mol. The highest BCUT2D eigenvalue weighted by Gasteiger charge is 2.13. The highest BCUT2D eigenvalue weighted by molar-refractivity contribution is 5.81. The van der Waals surface area contributed by atoms with Crippen LogP contribution >= 0.6 is 0 Å². The fourth-order valence-electron chi connectivity index (χ4n) is 1.79. The van der Waals surface area contributed by atoms with Crippen LogP contribution in [0.5, 0.6) is 5.75 Å². The van der Waals surface area contributed by atoms with Gasteiger partial charge in [-0.3, -0.25) is 9.78 Å². The standard InChI is InChI=1S/C15H17N3O2/c16-14(9-11-4-6-13(19)7-5-11)15(20)18-10-12-3-1-2-8-17-12/h1-8,14,19H,9-10,16H2,(H,18,20). The molecule has 1 amide bonds. The molecule has 4 N–H and O–H groups in total. The molecule has 5 nitrogen and oxygen atoms in total. The number of amides is 1. The fraction of sp³-hybridized carbons (Fsp3) is 0.200. The van der Waals surface area contributed by atoms with Crippen LogP contribution in [0.25, 0.3) is 0 Å². The summed E-state index contributed by atoms with van der Waals surface area (Å²) in [5.41, 5.74) is 7.55. The number of hydrogen-bond acceptors (Lipinski definition) is 4. The lowest BCUT2D eigenvalue weighted by molar-refractivity contribution is -0.122. The summed E-state index contributed by atoms with van der Waals surface area (Å²) >= 11 is 0. The summed E-state index contributed by atoms with van der Waals surface area (Å²) in [7, 11) is 0. The zero-order chi connectivity index (χ0) is 14.4. The van der Waals surface area contributed by atoms with Crippen molar-refractivity contribution in [1.29, 1.82) is 0 Å².